The molecule has 1 aromatic heterocycles. The Bertz CT molecular complexity index is 725. The molecule has 0 aliphatic heterocycles. The quantitative estimate of drug-likeness (QED) is 0.636. The zero-order valence-electron chi connectivity index (χ0n) is 10.8. The van der Waals surface area contributed by atoms with E-state index >= 15 is 0 Å². The summed E-state index contributed by atoms with van der Waals surface area (Å²) in [4.78, 5) is 11.0. The van der Waals surface area contributed by atoms with E-state index in [1.165, 1.54) is 6.07 Å². The van der Waals surface area contributed by atoms with E-state index in [-0.39, 0.29) is 5.69 Å². The van der Waals surface area contributed by atoms with Gasteiger partial charge in [0.2, 0.25) is 0 Å². The van der Waals surface area contributed by atoms with Gasteiger partial charge in [-0.05, 0) is 25.5 Å². The second-order valence-corrected chi connectivity index (χ2v) is 5.06. The molecule has 20 heavy (non-hydrogen) atoms. The molecule has 0 radical (unpaired) electrons. The lowest BCUT2D eigenvalue weighted by molar-refractivity contribution is -0.387. The van der Waals surface area contributed by atoms with Crippen molar-refractivity contribution in [2.24, 2.45) is 0 Å². The van der Waals surface area contributed by atoms with Crippen LogP contribution in [0.25, 0.3) is 0 Å². The first-order valence-electron chi connectivity index (χ1n) is 5.70. The molecule has 7 heteroatoms. The monoisotopic (exact) mass is 286 g/mol. The van der Waals surface area contributed by atoms with Gasteiger partial charge in [-0.2, -0.15) is 10.4 Å². The maximum Gasteiger partial charge on any atom is 0.283 e. The molecule has 0 bridgehead atoms. The molecule has 2 rings (SSSR count). The van der Waals surface area contributed by atoms with Gasteiger partial charge in [-0.25, -0.2) is 0 Å². The van der Waals surface area contributed by atoms with E-state index in [0.29, 0.717) is 21.2 Å². The van der Waals surface area contributed by atoms with Crippen molar-refractivity contribution in [1.29, 1.82) is 5.26 Å². The van der Waals surface area contributed by atoms with Gasteiger partial charge in [-0.15, -0.1) is 5.10 Å². The standard InChI is InChI=1S/C13H10N4O2S/c1-8-9(2)15-16-13(10(8)7-14)20-12-6-4-3-5-11(12)17(18)19/h3-6H,1-2H3. The summed E-state index contributed by atoms with van der Waals surface area (Å²) >= 11 is 1.08. The lowest BCUT2D eigenvalue weighted by atomic mass is 10.1. The SMILES string of the molecule is Cc1nnc(Sc2ccccc2[N+](=O)[O-])c(C#N)c1C. The number of nitro benzene ring substituents is 1. The number of benzene rings is 1. The Morgan fingerprint density at radius 3 is 2.65 bits per heavy atom. The van der Waals surface area contributed by atoms with Crippen LogP contribution < -0.4 is 0 Å². The highest BCUT2D eigenvalue weighted by atomic mass is 32.2. The molecule has 0 fully saturated rings. The zero-order chi connectivity index (χ0) is 14.7. The molecule has 0 atom stereocenters. The van der Waals surface area contributed by atoms with Crippen LogP contribution >= 0.6 is 11.8 Å². The van der Waals surface area contributed by atoms with Gasteiger partial charge < -0.3 is 0 Å². The Morgan fingerprint density at radius 2 is 2.00 bits per heavy atom. The average molecular weight is 286 g/mol. The number of nitriles is 1. The van der Waals surface area contributed by atoms with Crippen molar-refractivity contribution in [3.63, 3.8) is 0 Å². The van der Waals surface area contributed by atoms with Gasteiger partial charge >= 0.3 is 0 Å². The molecule has 0 amide bonds. The number of hydrogen-bond donors (Lipinski definition) is 0. The fourth-order valence-electron chi connectivity index (χ4n) is 1.59. The molecule has 0 aliphatic rings. The zero-order valence-corrected chi connectivity index (χ0v) is 11.6. The second-order valence-electron chi connectivity index (χ2n) is 4.03. The third-order valence-electron chi connectivity index (χ3n) is 2.80. The largest absolute Gasteiger partial charge is 0.283 e. The van der Waals surface area contributed by atoms with Gasteiger partial charge in [-0.3, -0.25) is 10.1 Å². The van der Waals surface area contributed by atoms with Gasteiger partial charge in [0.1, 0.15) is 11.1 Å². The first kappa shape index (κ1) is 14.0. The Labute approximate surface area is 119 Å². The maximum atomic E-state index is 11.0. The first-order valence-corrected chi connectivity index (χ1v) is 6.51. The third-order valence-corrected chi connectivity index (χ3v) is 3.85. The summed E-state index contributed by atoms with van der Waals surface area (Å²) in [5, 5.41) is 28.5. The van der Waals surface area contributed by atoms with Crippen molar-refractivity contribution in [3.8, 4) is 6.07 Å². The Kier molecular flexibility index (Phi) is 3.96. The topological polar surface area (TPSA) is 92.7 Å². The molecule has 0 unspecified atom stereocenters. The van der Waals surface area contributed by atoms with E-state index < -0.39 is 4.92 Å². The smallest absolute Gasteiger partial charge is 0.258 e. The summed E-state index contributed by atoms with van der Waals surface area (Å²) in [7, 11) is 0. The highest BCUT2D eigenvalue weighted by Crippen LogP contribution is 2.35. The Morgan fingerprint density at radius 1 is 1.30 bits per heavy atom. The minimum atomic E-state index is -0.455. The molecule has 0 aliphatic carbocycles. The highest BCUT2D eigenvalue weighted by Gasteiger charge is 2.18. The minimum Gasteiger partial charge on any atom is -0.258 e. The molecule has 2 aromatic rings. The van der Waals surface area contributed by atoms with Crippen molar-refractivity contribution < 1.29 is 4.92 Å². The molecule has 0 spiro atoms. The Hall–Kier alpha value is -2.46. The molecule has 0 saturated carbocycles. The molecule has 100 valence electrons. The summed E-state index contributed by atoms with van der Waals surface area (Å²) in [5.41, 5.74) is 1.80. The number of nitrogens with zero attached hydrogens (tertiary/aromatic N) is 4. The van der Waals surface area contributed by atoms with Crippen LogP contribution in [-0.4, -0.2) is 15.1 Å². The number of para-hydroxylation sites is 1. The number of aryl methyl sites for hydroxylation is 1. The fraction of sp³-hybridized carbons (Fsp3) is 0.154. The summed E-state index contributed by atoms with van der Waals surface area (Å²) in [5.74, 6) is 0. The van der Waals surface area contributed by atoms with E-state index in [4.69, 9.17) is 0 Å². The summed E-state index contributed by atoms with van der Waals surface area (Å²) in [6.07, 6.45) is 0. The van der Waals surface area contributed by atoms with Crippen LogP contribution in [0.5, 0.6) is 0 Å². The van der Waals surface area contributed by atoms with Crippen molar-refractivity contribution in [1.82, 2.24) is 10.2 Å². The van der Waals surface area contributed by atoms with Gasteiger partial charge in [-0.1, -0.05) is 23.9 Å². The van der Waals surface area contributed by atoms with Crippen LogP contribution in [0.3, 0.4) is 0 Å². The summed E-state index contributed by atoms with van der Waals surface area (Å²) in [6.45, 7) is 3.55. The van der Waals surface area contributed by atoms with Crippen molar-refractivity contribution in [2.45, 2.75) is 23.8 Å². The van der Waals surface area contributed by atoms with Crippen LogP contribution in [0.1, 0.15) is 16.8 Å². The maximum absolute atomic E-state index is 11.0. The van der Waals surface area contributed by atoms with Gasteiger partial charge in [0, 0.05) is 6.07 Å². The number of nitro groups is 1. The third kappa shape index (κ3) is 2.60. The predicted molar refractivity (Wildman–Crippen MR) is 73.4 cm³/mol. The van der Waals surface area contributed by atoms with Gasteiger partial charge in [0.15, 0.2) is 0 Å². The summed E-state index contributed by atoms with van der Waals surface area (Å²) in [6, 6.07) is 8.43. The fourth-order valence-corrected chi connectivity index (χ4v) is 2.57. The van der Waals surface area contributed by atoms with Crippen molar-refractivity contribution in [2.75, 3.05) is 0 Å². The Balaban J connectivity index is 2.49. The van der Waals surface area contributed by atoms with E-state index in [9.17, 15) is 15.4 Å². The average Bonchev–Trinajstić information content (AvgIpc) is 2.43. The van der Waals surface area contributed by atoms with Gasteiger partial charge in [0.05, 0.1) is 21.1 Å². The highest BCUT2D eigenvalue weighted by molar-refractivity contribution is 7.99. The van der Waals surface area contributed by atoms with E-state index in [1.807, 2.05) is 0 Å². The molecular weight excluding hydrogens is 276 g/mol. The number of aromatic nitrogens is 2. The predicted octanol–water partition coefficient (Wildman–Crippen LogP) is 3.02. The van der Waals surface area contributed by atoms with Crippen molar-refractivity contribution in [3.05, 3.63) is 51.2 Å². The molecular formula is C13H10N4O2S. The number of rotatable bonds is 3. The van der Waals surface area contributed by atoms with Crippen LogP contribution in [0.15, 0.2) is 34.2 Å². The first-order chi connectivity index (χ1) is 9.54. The molecule has 0 saturated heterocycles. The molecule has 1 heterocycles. The van der Waals surface area contributed by atoms with Crippen LogP contribution in [0.4, 0.5) is 5.69 Å². The lowest BCUT2D eigenvalue weighted by Gasteiger charge is -2.06. The van der Waals surface area contributed by atoms with Crippen LogP contribution in [0.2, 0.25) is 0 Å². The molecule has 0 N–H and O–H groups in total. The van der Waals surface area contributed by atoms with Crippen molar-refractivity contribution >= 4 is 17.4 Å². The lowest BCUT2D eigenvalue weighted by Crippen LogP contribution is -1.99. The van der Waals surface area contributed by atoms with Crippen LogP contribution in [0, 0.1) is 35.3 Å². The number of hydrogen-bond acceptors (Lipinski definition) is 6. The minimum absolute atomic E-state index is 0.0126. The van der Waals surface area contributed by atoms with E-state index in [1.54, 1.807) is 32.0 Å². The molecule has 1 aromatic carbocycles. The molecule has 6 nitrogen and oxygen atoms in total. The summed E-state index contributed by atoms with van der Waals surface area (Å²) < 4.78 is 0. The van der Waals surface area contributed by atoms with E-state index in [0.717, 1.165) is 17.3 Å². The van der Waals surface area contributed by atoms with E-state index in [2.05, 4.69) is 16.3 Å². The van der Waals surface area contributed by atoms with Gasteiger partial charge in [0.25, 0.3) is 5.69 Å². The van der Waals surface area contributed by atoms with Crippen LogP contribution in [-0.2, 0) is 0 Å². The normalized spacial score (nSPS) is 10.1. The second kappa shape index (κ2) is 5.67.